The van der Waals surface area contributed by atoms with Crippen LogP contribution < -0.4 is 10.1 Å². The number of methoxy groups -OCH3 is 1. The molecule has 2 unspecified atom stereocenters. The molecule has 0 heterocycles. The van der Waals surface area contributed by atoms with Crippen molar-refractivity contribution in [3.63, 3.8) is 0 Å². The molecule has 0 bridgehead atoms. The Kier molecular flexibility index (Phi) is 6.67. The van der Waals surface area contributed by atoms with Crippen LogP contribution in [0.15, 0.2) is 18.2 Å². The molecule has 0 saturated heterocycles. The number of hydrogen-bond acceptors (Lipinski definition) is 2. The quantitative estimate of drug-likeness (QED) is 0.804. The highest BCUT2D eigenvalue weighted by atomic mass is 35.5. The van der Waals surface area contributed by atoms with Crippen molar-refractivity contribution < 1.29 is 4.74 Å². The first-order valence-electron chi connectivity index (χ1n) is 6.99. The van der Waals surface area contributed by atoms with Gasteiger partial charge in [-0.1, -0.05) is 39.3 Å². The summed E-state index contributed by atoms with van der Waals surface area (Å²) >= 11 is 6.10. The summed E-state index contributed by atoms with van der Waals surface area (Å²) in [6.45, 7) is 11.0. The molecule has 0 spiro atoms. The summed E-state index contributed by atoms with van der Waals surface area (Å²) in [4.78, 5) is 0. The van der Waals surface area contributed by atoms with E-state index in [-0.39, 0.29) is 0 Å². The summed E-state index contributed by atoms with van der Waals surface area (Å²) in [5.74, 6) is 2.55. The number of rotatable bonds is 7. The van der Waals surface area contributed by atoms with E-state index in [4.69, 9.17) is 16.3 Å². The normalized spacial score (nSPS) is 14.5. The third-order valence-corrected chi connectivity index (χ3v) is 3.79. The van der Waals surface area contributed by atoms with Gasteiger partial charge < -0.3 is 10.1 Å². The van der Waals surface area contributed by atoms with Gasteiger partial charge >= 0.3 is 0 Å². The fourth-order valence-corrected chi connectivity index (χ4v) is 2.32. The molecule has 0 aliphatic heterocycles. The molecule has 2 atom stereocenters. The van der Waals surface area contributed by atoms with E-state index < -0.39 is 0 Å². The Morgan fingerprint density at radius 2 is 1.84 bits per heavy atom. The van der Waals surface area contributed by atoms with Gasteiger partial charge in [0, 0.05) is 5.02 Å². The SMILES string of the molecule is COc1ccc(Cl)cc1C(C)C(C)CNCC(C)C. The Morgan fingerprint density at radius 3 is 2.42 bits per heavy atom. The van der Waals surface area contributed by atoms with Crippen LogP contribution in [0.4, 0.5) is 0 Å². The standard InChI is InChI=1S/C16H26ClNO/c1-11(2)9-18-10-12(3)13(4)15-8-14(17)6-7-16(15)19-5/h6-8,11-13,18H,9-10H2,1-5H3. The average Bonchev–Trinajstić information content (AvgIpc) is 2.37. The van der Waals surface area contributed by atoms with E-state index in [1.165, 1.54) is 5.56 Å². The van der Waals surface area contributed by atoms with Gasteiger partial charge in [-0.15, -0.1) is 0 Å². The van der Waals surface area contributed by atoms with Crippen molar-refractivity contribution >= 4 is 11.6 Å². The maximum absolute atomic E-state index is 6.10. The van der Waals surface area contributed by atoms with Crippen LogP contribution in [0.5, 0.6) is 5.75 Å². The minimum absolute atomic E-state index is 0.410. The molecule has 0 amide bonds. The van der Waals surface area contributed by atoms with Crippen molar-refractivity contribution in [3.05, 3.63) is 28.8 Å². The highest BCUT2D eigenvalue weighted by Gasteiger charge is 2.18. The van der Waals surface area contributed by atoms with Crippen LogP contribution in [-0.2, 0) is 0 Å². The van der Waals surface area contributed by atoms with Crippen molar-refractivity contribution in [3.8, 4) is 5.75 Å². The summed E-state index contributed by atoms with van der Waals surface area (Å²) in [5.41, 5.74) is 1.19. The predicted octanol–water partition coefficient (Wildman–Crippen LogP) is 4.33. The van der Waals surface area contributed by atoms with Gasteiger partial charge in [0.15, 0.2) is 0 Å². The molecular formula is C16H26ClNO. The van der Waals surface area contributed by atoms with Crippen molar-refractivity contribution in [1.29, 1.82) is 0 Å². The topological polar surface area (TPSA) is 21.3 Å². The summed E-state index contributed by atoms with van der Waals surface area (Å²) in [6, 6.07) is 5.84. The smallest absolute Gasteiger partial charge is 0.122 e. The van der Waals surface area contributed by atoms with Crippen LogP contribution in [0.3, 0.4) is 0 Å². The molecule has 2 nitrogen and oxygen atoms in total. The lowest BCUT2D eigenvalue weighted by Gasteiger charge is -2.23. The second-order valence-corrected chi connectivity index (χ2v) is 6.14. The van der Waals surface area contributed by atoms with Gasteiger partial charge in [-0.25, -0.2) is 0 Å². The van der Waals surface area contributed by atoms with E-state index in [1.807, 2.05) is 18.2 Å². The minimum Gasteiger partial charge on any atom is -0.496 e. The molecule has 0 radical (unpaired) electrons. The van der Waals surface area contributed by atoms with Crippen molar-refractivity contribution in [2.45, 2.75) is 33.6 Å². The van der Waals surface area contributed by atoms with Crippen molar-refractivity contribution in [2.24, 2.45) is 11.8 Å². The van der Waals surface area contributed by atoms with E-state index in [2.05, 4.69) is 33.0 Å². The van der Waals surface area contributed by atoms with E-state index in [0.717, 1.165) is 23.9 Å². The van der Waals surface area contributed by atoms with E-state index >= 15 is 0 Å². The Labute approximate surface area is 122 Å². The molecule has 1 aromatic carbocycles. The highest BCUT2D eigenvalue weighted by molar-refractivity contribution is 6.30. The molecule has 19 heavy (non-hydrogen) atoms. The number of ether oxygens (including phenoxy) is 1. The average molecular weight is 284 g/mol. The van der Waals surface area contributed by atoms with Crippen LogP contribution in [-0.4, -0.2) is 20.2 Å². The number of halogens is 1. The molecule has 1 N–H and O–H groups in total. The van der Waals surface area contributed by atoms with Gasteiger partial charge in [0.2, 0.25) is 0 Å². The number of nitrogens with one attached hydrogen (secondary N) is 1. The molecule has 108 valence electrons. The molecule has 0 saturated carbocycles. The van der Waals surface area contributed by atoms with E-state index in [1.54, 1.807) is 7.11 Å². The summed E-state index contributed by atoms with van der Waals surface area (Å²) < 4.78 is 5.44. The minimum atomic E-state index is 0.410. The number of hydrogen-bond donors (Lipinski definition) is 1. The lowest BCUT2D eigenvalue weighted by atomic mass is 9.88. The Hall–Kier alpha value is -0.730. The third kappa shape index (κ3) is 5.04. The van der Waals surface area contributed by atoms with Gasteiger partial charge in [-0.2, -0.15) is 0 Å². The summed E-state index contributed by atoms with van der Waals surface area (Å²) in [7, 11) is 1.71. The molecule has 0 aliphatic carbocycles. The van der Waals surface area contributed by atoms with Crippen LogP contribution in [0.2, 0.25) is 5.02 Å². The van der Waals surface area contributed by atoms with Gasteiger partial charge in [-0.05, 0) is 54.6 Å². The van der Waals surface area contributed by atoms with Crippen LogP contribution >= 0.6 is 11.6 Å². The zero-order valence-electron chi connectivity index (χ0n) is 12.7. The second kappa shape index (κ2) is 7.76. The molecule has 0 fully saturated rings. The molecule has 0 aliphatic rings. The maximum atomic E-state index is 6.10. The van der Waals surface area contributed by atoms with Crippen LogP contribution in [0, 0.1) is 11.8 Å². The lowest BCUT2D eigenvalue weighted by Crippen LogP contribution is -2.27. The van der Waals surface area contributed by atoms with Crippen LogP contribution in [0.1, 0.15) is 39.2 Å². The zero-order chi connectivity index (χ0) is 14.4. The van der Waals surface area contributed by atoms with Gasteiger partial charge in [0.25, 0.3) is 0 Å². The predicted molar refractivity (Wildman–Crippen MR) is 83.3 cm³/mol. The fraction of sp³-hybridized carbons (Fsp3) is 0.625. The molecule has 1 rings (SSSR count). The number of benzene rings is 1. The monoisotopic (exact) mass is 283 g/mol. The summed E-state index contributed by atoms with van der Waals surface area (Å²) in [6.07, 6.45) is 0. The fourth-order valence-electron chi connectivity index (χ4n) is 2.14. The molecular weight excluding hydrogens is 258 g/mol. The van der Waals surface area contributed by atoms with E-state index in [9.17, 15) is 0 Å². The first-order chi connectivity index (χ1) is 8.95. The van der Waals surface area contributed by atoms with Crippen molar-refractivity contribution in [2.75, 3.05) is 20.2 Å². The molecule has 3 heteroatoms. The largest absolute Gasteiger partial charge is 0.496 e. The second-order valence-electron chi connectivity index (χ2n) is 5.70. The highest BCUT2D eigenvalue weighted by Crippen LogP contribution is 2.33. The van der Waals surface area contributed by atoms with Crippen molar-refractivity contribution in [1.82, 2.24) is 5.32 Å². The lowest BCUT2D eigenvalue weighted by molar-refractivity contribution is 0.386. The van der Waals surface area contributed by atoms with Gasteiger partial charge in [0.1, 0.15) is 5.75 Å². The zero-order valence-corrected chi connectivity index (χ0v) is 13.4. The Bertz CT molecular complexity index is 392. The third-order valence-electron chi connectivity index (χ3n) is 3.55. The Balaban J connectivity index is 2.70. The van der Waals surface area contributed by atoms with Gasteiger partial charge in [-0.3, -0.25) is 0 Å². The molecule has 0 aromatic heterocycles. The maximum Gasteiger partial charge on any atom is 0.122 e. The first-order valence-corrected chi connectivity index (χ1v) is 7.37. The molecule has 1 aromatic rings. The van der Waals surface area contributed by atoms with E-state index in [0.29, 0.717) is 17.8 Å². The summed E-state index contributed by atoms with van der Waals surface area (Å²) in [5, 5.41) is 4.28. The Morgan fingerprint density at radius 1 is 1.16 bits per heavy atom. The first kappa shape index (κ1) is 16.3. The van der Waals surface area contributed by atoms with Gasteiger partial charge in [0.05, 0.1) is 7.11 Å². The van der Waals surface area contributed by atoms with Crippen LogP contribution in [0.25, 0.3) is 0 Å².